The van der Waals surface area contributed by atoms with Crippen LogP contribution >= 0.6 is 0 Å². The summed E-state index contributed by atoms with van der Waals surface area (Å²) >= 11 is 0. The zero-order valence-electron chi connectivity index (χ0n) is 42.1. The van der Waals surface area contributed by atoms with E-state index in [1.807, 2.05) is 0 Å². The molecule has 0 radical (unpaired) electrons. The minimum atomic E-state index is -3.70. The molecule has 28 heteroatoms. The third-order valence-corrected chi connectivity index (χ3v) is 11.1. The second-order valence-electron chi connectivity index (χ2n) is 17.0. The van der Waals surface area contributed by atoms with Gasteiger partial charge in [0.15, 0.2) is 11.2 Å². The van der Waals surface area contributed by atoms with Crippen molar-refractivity contribution >= 4 is 47.8 Å². The lowest BCUT2D eigenvalue weighted by atomic mass is 9.50. The summed E-state index contributed by atoms with van der Waals surface area (Å²) in [6, 6.07) is 0. The smallest absolute Gasteiger partial charge is 0.334 e. The van der Waals surface area contributed by atoms with Crippen molar-refractivity contribution in [3.8, 4) is 0 Å². The molecular weight excluding hydrogens is 1010 g/mol. The van der Waals surface area contributed by atoms with Crippen LogP contribution in [0.15, 0.2) is 93.6 Å². The van der Waals surface area contributed by atoms with Gasteiger partial charge in [-0.1, -0.05) is 0 Å². The average Bonchev–Trinajstić information content (AvgIpc) is 3.34. The van der Waals surface area contributed by atoms with Gasteiger partial charge in [0, 0.05) is 33.4 Å². The van der Waals surface area contributed by atoms with E-state index in [-0.39, 0.29) is 0 Å². The number of rotatable bonds is 30. The Hall–Kier alpha value is -7.12. The second-order valence-corrected chi connectivity index (χ2v) is 17.0. The van der Waals surface area contributed by atoms with E-state index in [4.69, 9.17) is 50.3 Å². The molecule has 0 aliphatic rings. The van der Waals surface area contributed by atoms with Gasteiger partial charge in [0.2, 0.25) is 0 Å². The third kappa shape index (κ3) is 19.3. The highest BCUT2D eigenvalue weighted by Crippen LogP contribution is 2.59. The van der Waals surface area contributed by atoms with E-state index >= 15 is 0 Å². The Bertz CT molecular complexity index is 2050. The first-order valence-corrected chi connectivity index (χ1v) is 21.3. The molecule has 0 heterocycles. The van der Waals surface area contributed by atoms with Gasteiger partial charge in [-0.25, -0.2) is 38.4 Å². The first-order valence-electron chi connectivity index (χ1n) is 21.3. The number of carbonyl (C=O) groups is 8. The number of ether oxygens (including phenoxy) is 2. The van der Waals surface area contributed by atoms with E-state index in [1.54, 1.807) is 0 Å². The highest BCUT2D eigenvalue weighted by Gasteiger charge is 2.72. The molecule has 0 rings (SSSR count). The van der Waals surface area contributed by atoms with Crippen LogP contribution in [0.4, 0.5) is 0 Å². The Kier molecular flexibility index (Phi) is 30.4. The minimum absolute atomic E-state index is 0.317. The van der Waals surface area contributed by atoms with E-state index in [9.17, 15) is 89.4 Å². The highest BCUT2D eigenvalue weighted by molar-refractivity contribution is 5.91. The number of aliphatic hydroxyl groups excluding tert-OH is 9. The fraction of sp³-hybridized carbons (Fsp3) is 0.489. The quantitative estimate of drug-likeness (QED) is 0.0280. The third-order valence-electron chi connectivity index (χ3n) is 11.1. The van der Waals surface area contributed by atoms with Crippen molar-refractivity contribution in [3.63, 3.8) is 0 Å². The SMILES string of the molecule is CC(=COC(C=C(C)C(=O)O)(C=C(C)C(=O)O)C(CO)(C(O)(C=C(C)C(=O)O)C=C(C)C(=O)O)C(C=C(C)C(=O)O)(C=C(C)C(=O)O)OC=C(C)C(=O)O)C(=O)O.OCC(CO)(CO)CO.OCC(CO)(CO)CO. The summed E-state index contributed by atoms with van der Waals surface area (Å²) < 4.78 is 11.9. The van der Waals surface area contributed by atoms with Gasteiger partial charge >= 0.3 is 47.8 Å². The molecule has 0 saturated carbocycles. The van der Waals surface area contributed by atoms with E-state index in [0.29, 0.717) is 49.0 Å². The number of aliphatic hydroxyl groups is 10. The van der Waals surface area contributed by atoms with E-state index < -0.39 is 185 Å². The van der Waals surface area contributed by atoms with Crippen LogP contribution in [0.25, 0.3) is 0 Å². The summed E-state index contributed by atoms with van der Waals surface area (Å²) in [5.41, 5.74) is -23.6. The summed E-state index contributed by atoms with van der Waals surface area (Å²) in [6.45, 7) is 1.46. The summed E-state index contributed by atoms with van der Waals surface area (Å²) in [4.78, 5) is 99.2. The van der Waals surface area contributed by atoms with Gasteiger partial charge in [0.25, 0.3) is 0 Å². The zero-order valence-corrected chi connectivity index (χ0v) is 42.1. The Morgan fingerprint density at radius 3 is 0.613 bits per heavy atom. The van der Waals surface area contributed by atoms with Gasteiger partial charge < -0.3 is 101 Å². The number of aliphatic carboxylic acids is 8. The van der Waals surface area contributed by atoms with Gasteiger partial charge in [-0.2, -0.15) is 0 Å². The average molecular weight is 1080 g/mol. The molecule has 424 valence electrons. The van der Waals surface area contributed by atoms with Crippen LogP contribution in [0.5, 0.6) is 0 Å². The van der Waals surface area contributed by atoms with Crippen molar-refractivity contribution in [1.29, 1.82) is 0 Å². The Balaban J connectivity index is -0.00000241. The predicted molar refractivity (Wildman–Crippen MR) is 255 cm³/mol. The Labute approximate surface area is 428 Å². The molecule has 0 aliphatic carbocycles. The molecule has 28 nitrogen and oxygen atoms in total. The van der Waals surface area contributed by atoms with Crippen molar-refractivity contribution in [3.05, 3.63) is 93.6 Å². The molecular formula is C47H68O28. The van der Waals surface area contributed by atoms with Crippen molar-refractivity contribution in [2.24, 2.45) is 16.2 Å². The number of hydrogen-bond acceptors (Lipinski definition) is 20. The van der Waals surface area contributed by atoms with Gasteiger partial charge in [-0.15, -0.1) is 0 Å². The van der Waals surface area contributed by atoms with Crippen LogP contribution in [0.1, 0.15) is 55.4 Å². The predicted octanol–water partition coefficient (Wildman–Crippen LogP) is -1.75. The van der Waals surface area contributed by atoms with Gasteiger partial charge in [0.05, 0.1) is 94.0 Å². The standard InChI is InChI=1S/C37H44O20.2C5H12O4/c1-18(26(39)40)9-34(55,10-19(2)27(41)42)37(17-38,35(11-20(3)28(43)44,12-21(4)29(45)46)56-15-24(7)32(51)52)36(13-22(5)30(47)48,14-23(6)31(49)50)57-16-25(8)33(53)54;2*6-1-5(2-7,3-8)4-9/h9-16,38,55H,17H2,1-8H3,(H,39,40)(H,41,42)(H,43,44)(H,45,46)(H,47,48)(H,49,50)(H,51,52)(H,53,54);2*6-9H,1-4H2. The molecule has 0 aromatic carbocycles. The van der Waals surface area contributed by atoms with E-state index in [2.05, 4.69) is 0 Å². The molecule has 0 aromatic rings. The van der Waals surface area contributed by atoms with Crippen molar-refractivity contribution < 1.29 is 140 Å². The van der Waals surface area contributed by atoms with Crippen molar-refractivity contribution in [1.82, 2.24) is 0 Å². The molecule has 0 fully saturated rings. The maximum atomic E-state index is 13.2. The van der Waals surface area contributed by atoms with Crippen LogP contribution in [0.2, 0.25) is 0 Å². The topological polar surface area (TPSA) is 519 Å². The fourth-order valence-corrected chi connectivity index (χ4v) is 5.90. The van der Waals surface area contributed by atoms with Crippen LogP contribution in [-0.4, -0.2) is 216 Å². The fourth-order valence-electron chi connectivity index (χ4n) is 5.90. The Morgan fingerprint density at radius 2 is 0.480 bits per heavy atom. The van der Waals surface area contributed by atoms with E-state index in [1.165, 1.54) is 0 Å². The molecule has 18 N–H and O–H groups in total. The summed E-state index contributed by atoms with van der Waals surface area (Å²) in [5.74, 6) is -14.7. The van der Waals surface area contributed by atoms with Crippen molar-refractivity contribution in [2.75, 3.05) is 59.5 Å². The largest absolute Gasteiger partial charge is 0.485 e. The maximum Gasteiger partial charge on any atom is 0.334 e. The number of carboxylic acids is 8. The zero-order chi connectivity index (χ0) is 59.7. The van der Waals surface area contributed by atoms with Crippen molar-refractivity contribution in [2.45, 2.75) is 72.2 Å². The lowest BCUT2D eigenvalue weighted by Crippen LogP contribution is -2.72. The van der Waals surface area contributed by atoms with Crippen LogP contribution in [0.3, 0.4) is 0 Å². The monoisotopic (exact) mass is 1080 g/mol. The second kappa shape index (κ2) is 31.6. The molecule has 0 aromatic heterocycles. The number of hydrogen-bond donors (Lipinski definition) is 18. The highest BCUT2D eigenvalue weighted by atomic mass is 16.5. The molecule has 0 saturated heterocycles. The van der Waals surface area contributed by atoms with Gasteiger partial charge in [-0.05, 0) is 91.8 Å². The summed E-state index contributed by atoms with van der Waals surface area (Å²) in [7, 11) is 0. The van der Waals surface area contributed by atoms with Crippen LogP contribution in [0, 0.1) is 16.2 Å². The molecule has 0 aliphatic heterocycles. The van der Waals surface area contributed by atoms with Gasteiger partial charge in [-0.3, -0.25) is 0 Å². The molecule has 0 spiro atoms. The van der Waals surface area contributed by atoms with Crippen LogP contribution in [-0.2, 0) is 47.8 Å². The summed E-state index contributed by atoms with van der Waals surface area (Å²) in [5, 5.41) is 173. The molecule has 0 unspecified atom stereocenters. The minimum Gasteiger partial charge on any atom is -0.485 e. The first kappa shape index (κ1) is 72.1. The number of carboxylic acid groups (broad SMARTS) is 8. The maximum absolute atomic E-state index is 13.2. The molecule has 0 bridgehead atoms. The lowest BCUT2D eigenvalue weighted by molar-refractivity contribution is -0.210. The van der Waals surface area contributed by atoms with Crippen LogP contribution < -0.4 is 0 Å². The van der Waals surface area contributed by atoms with Gasteiger partial charge in [0.1, 0.15) is 11.0 Å². The molecule has 0 amide bonds. The first-order chi connectivity index (χ1) is 34.4. The summed E-state index contributed by atoms with van der Waals surface area (Å²) in [6.07, 6.45) is 3.02. The molecule has 75 heavy (non-hydrogen) atoms. The lowest BCUT2D eigenvalue weighted by Gasteiger charge is -2.59. The molecule has 0 atom stereocenters. The normalized spacial score (nSPS) is 16.7. The van der Waals surface area contributed by atoms with E-state index in [0.717, 1.165) is 55.4 Å². The Morgan fingerprint density at radius 1 is 0.307 bits per heavy atom.